The first kappa shape index (κ1) is 26.7. The standard InChI is InChI=1S/C44H28N4/c1-2-14-31(15-3-1)47-41-24-11-7-19-35(41)37-28-29(25-26-42(37)47)43-36-20-4-8-21-38(36)45-44(46-43)30-13-12-16-32(27-30)48-39-22-9-5-17-33(39)34-18-6-10-23-40(34)48/h1-28H. The Labute approximate surface area is 276 Å². The molecule has 10 rings (SSSR count). The summed E-state index contributed by atoms with van der Waals surface area (Å²) in [5, 5.41) is 5.93. The van der Waals surface area contributed by atoms with Gasteiger partial charge in [-0.25, -0.2) is 9.97 Å². The molecular formula is C44H28N4. The molecule has 0 saturated carbocycles. The Balaban J connectivity index is 1.17. The quantitative estimate of drug-likeness (QED) is 0.198. The number of fused-ring (bicyclic) bond motifs is 7. The molecule has 0 fully saturated rings. The SMILES string of the molecule is c1ccc(-n2c3ccccc3c3cc(-c4nc(-c5cccc(-n6c7ccccc7c7ccccc76)c5)nc5ccccc45)ccc32)cc1. The Morgan fingerprint density at radius 1 is 0.333 bits per heavy atom. The number of aromatic nitrogens is 4. The average molecular weight is 613 g/mol. The maximum atomic E-state index is 5.31. The van der Waals surface area contributed by atoms with E-state index >= 15 is 0 Å². The highest BCUT2D eigenvalue weighted by atomic mass is 15.0. The summed E-state index contributed by atoms with van der Waals surface area (Å²) in [5.74, 6) is 0.707. The lowest BCUT2D eigenvalue weighted by molar-refractivity contribution is 1.17. The highest BCUT2D eigenvalue weighted by molar-refractivity contribution is 6.11. The summed E-state index contributed by atoms with van der Waals surface area (Å²) < 4.78 is 4.69. The van der Waals surface area contributed by atoms with Crippen LogP contribution in [0.5, 0.6) is 0 Å². The molecule has 0 saturated heterocycles. The van der Waals surface area contributed by atoms with Crippen LogP contribution in [-0.4, -0.2) is 19.1 Å². The molecule has 4 nitrogen and oxygen atoms in total. The molecule has 0 spiro atoms. The Morgan fingerprint density at radius 2 is 0.875 bits per heavy atom. The predicted octanol–water partition coefficient (Wildman–Crippen LogP) is 11.2. The van der Waals surface area contributed by atoms with Gasteiger partial charge in [0.1, 0.15) is 0 Å². The highest BCUT2D eigenvalue weighted by Gasteiger charge is 2.17. The number of rotatable bonds is 4. The number of nitrogens with zero attached hydrogens (tertiary/aromatic N) is 4. The molecule has 224 valence electrons. The van der Waals surface area contributed by atoms with Gasteiger partial charge in [0.25, 0.3) is 0 Å². The molecule has 4 heteroatoms. The summed E-state index contributed by atoms with van der Waals surface area (Å²) in [6.45, 7) is 0. The summed E-state index contributed by atoms with van der Waals surface area (Å²) in [6.07, 6.45) is 0. The monoisotopic (exact) mass is 612 g/mol. The van der Waals surface area contributed by atoms with Crippen LogP contribution in [0.1, 0.15) is 0 Å². The fourth-order valence-corrected chi connectivity index (χ4v) is 7.39. The maximum absolute atomic E-state index is 5.31. The Bertz CT molecular complexity index is 2790. The lowest BCUT2D eigenvalue weighted by Gasteiger charge is -2.12. The van der Waals surface area contributed by atoms with Crippen molar-refractivity contribution in [1.82, 2.24) is 19.1 Å². The molecule has 0 aliphatic rings. The number of hydrogen-bond acceptors (Lipinski definition) is 2. The van der Waals surface area contributed by atoms with E-state index in [4.69, 9.17) is 9.97 Å². The van der Waals surface area contributed by atoms with Crippen molar-refractivity contribution in [3.63, 3.8) is 0 Å². The van der Waals surface area contributed by atoms with E-state index in [-0.39, 0.29) is 0 Å². The molecule has 0 N–H and O–H groups in total. The molecule has 3 heterocycles. The van der Waals surface area contributed by atoms with Gasteiger partial charge in [0.05, 0.1) is 33.3 Å². The van der Waals surface area contributed by atoms with Crippen LogP contribution >= 0.6 is 0 Å². The summed E-state index contributed by atoms with van der Waals surface area (Å²) >= 11 is 0. The van der Waals surface area contributed by atoms with Crippen LogP contribution in [0.25, 0.3) is 88.5 Å². The molecule has 0 radical (unpaired) electrons. The van der Waals surface area contributed by atoms with Gasteiger partial charge in [-0.2, -0.15) is 0 Å². The van der Waals surface area contributed by atoms with Gasteiger partial charge in [-0.1, -0.05) is 109 Å². The molecule has 0 bridgehead atoms. The van der Waals surface area contributed by atoms with Crippen molar-refractivity contribution in [3.05, 3.63) is 170 Å². The van der Waals surface area contributed by atoms with Crippen molar-refractivity contribution in [1.29, 1.82) is 0 Å². The van der Waals surface area contributed by atoms with Crippen molar-refractivity contribution in [2.45, 2.75) is 0 Å². The van der Waals surface area contributed by atoms with Gasteiger partial charge < -0.3 is 9.13 Å². The van der Waals surface area contributed by atoms with Gasteiger partial charge in [-0.05, 0) is 60.7 Å². The molecule has 48 heavy (non-hydrogen) atoms. The number of hydrogen-bond donors (Lipinski definition) is 0. The summed E-state index contributed by atoms with van der Waals surface area (Å²) in [6, 6.07) is 60.1. The smallest absolute Gasteiger partial charge is 0.160 e. The van der Waals surface area contributed by atoms with Gasteiger partial charge in [-0.15, -0.1) is 0 Å². The first-order valence-electron chi connectivity index (χ1n) is 16.3. The van der Waals surface area contributed by atoms with Crippen molar-refractivity contribution in [3.8, 4) is 34.0 Å². The van der Waals surface area contributed by atoms with Crippen molar-refractivity contribution in [2.24, 2.45) is 0 Å². The third-order valence-electron chi connectivity index (χ3n) is 9.51. The van der Waals surface area contributed by atoms with Gasteiger partial charge in [0, 0.05) is 49.4 Å². The molecule has 3 aromatic heterocycles. The number of para-hydroxylation sites is 5. The van der Waals surface area contributed by atoms with Crippen LogP contribution in [0.4, 0.5) is 0 Å². The third-order valence-corrected chi connectivity index (χ3v) is 9.51. The van der Waals surface area contributed by atoms with Gasteiger partial charge in [0.15, 0.2) is 5.82 Å². The second-order valence-corrected chi connectivity index (χ2v) is 12.3. The van der Waals surface area contributed by atoms with Crippen molar-refractivity contribution >= 4 is 54.5 Å². The van der Waals surface area contributed by atoms with Gasteiger partial charge in [0.2, 0.25) is 0 Å². The summed E-state index contributed by atoms with van der Waals surface area (Å²) in [4.78, 5) is 10.4. The zero-order chi connectivity index (χ0) is 31.6. The Morgan fingerprint density at radius 3 is 1.58 bits per heavy atom. The molecular weight excluding hydrogens is 585 g/mol. The normalized spacial score (nSPS) is 11.8. The highest BCUT2D eigenvalue weighted by Crippen LogP contribution is 2.37. The molecule has 0 atom stereocenters. The molecule has 0 unspecified atom stereocenters. The topological polar surface area (TPSA) is 35.6 Å². The fourth-order valence-electron chi connectivity index (χ4n) is 7.39. The second-order valence-electron chi connectivity index (χ2n) is 12.3. The van der Waals surface area contributed by atoms with E-state index in [1.54, 1.807) is 0 Å². The minimum atomic E-state index is 0.707. The third kappa shape index (κ3) is 4.03. The van der Waals surface area contributed by atoms with Gasteiger partial charge in [-0.3, -0.25) is 0 Å². The van der Waals surface area contributed by atoms with E-state index in [0.29, 0.717) is 5.82 Å². The minimum Gasteiger partial charge on any atom is -0.309 e. The van der Waals surface area contributed by atoms with E-state index < -0.39 is 0 Å². The largest absolute Gasteiger partial charge is 0.309 e. The lowest BCUT2D eigenvalue weighted by Crippen LogP contribution is -1.98. The van der Waals surface area contributed by atoms with E-state index in [0.717, 1.165) is 39.1 Å². The van der Waals surface area contributed by atoms with Crippen LogP contribution in [0.3, 0.4) is 0 Å². The van der Waals surface area contributed by atoms with Crippen LogP contribution in [0.2, 0.25) is 0 Å². The first-order valence-corrected chi connectivity index (χ1v) is 16.3. The first-order chi connectivity index (χ1) is 23.8. The molecule has 0 aliphatic carbocycles. The van der Waals surface area contributed by atoms with E-state index in [9.17, 15) is 0 Å². The zero-order valence-electron chi connectivity index (χ0n) is 26.0. The second kappa shape index (κ2) is 10.5. The average Bonchev–Trinajstić information content (AvgIpc) is 3.67. The molecule has 0 aliphatic heterocycles. The van der Waals surface area contributed by atoms with E-state index in [2.05, 4.69) is 173 Å². The Kier molecular flexibility index (Phi) is 5.84. The van der Waals surface area contributed by atoms with Gasteiger partial charge >= 0.3 is 0 Å². The van der Waals surface area contributed by atoms with Crippen LogP contribution in [-0.2, 0) is 0 Å². The lowest BCUT2D eigenvalue weighted by atomic mass is 10.0. The molecule has 7 aromatic carbocycles. The van der Waals surface area contributed by atoms with Crippen LogP contribution in [0, 0.1) is 0 Å². The van der Waals surface area contributed by atoms with Crippen LogP contribution < -0.4 is 0 Å². The Hall–Kier alpha value is -6.52. The zero-order valence-corrected chi connectivity index (χ0v) is 26.0. The van der Waals surface area contributed by atoms with E-state index in [1.165, 1.54) is 43.6 Å². The fraction of sp³-hybridized carbons (Fsp3) is 0. The van der Waals surface area contributed by atoms with Crippen LogP contribution in [0.15, 0.2) is 170 Å². The predicted molar refractivity (Wildman–Crippen MR) is 199 cm³/mol. The maximum Gasteiger partial charge on any atom is 0.160 e. The summed E-state index contributed by atoms with van der Waals surface area (Å²) in [7, 11) is 0. The van der Waals surface area contributed by atoms with Crippen molar-refractivity contribution < 1.29 is 0 Å². The number of benzene rings is 7. The van der Waals surface area contributed by atoms with E-state index in [1.807, 2.05) is 6.07 Å². The molecule has 10 aromatic rings. The minimum absolute atomic E-state index is 0.707. The molecule has 0 amide bonds. The summed E-state index contributed by atoms with van der Waals surface area (Å²) in [5.41, 5.74) is 10.8. The van der Waals surface area contributed by atoms with Crippen molar-refractivity contribution in [2.75, 3.05) is 0 Å².